The van der Waals surface area contributed by atoms with Crippen LogP contribution in [0.15, 0.2) is 42.5 Å². The summed E-state index contributed by atoms with van der Waals surface area (Å²) in [5.74, 6) is 0.373. The van der Waals surface area contributed by atoms with Crippen LogP contribution in [0.3, 0.4) is 0 Å². The Kier molecular flexibility index (Phi) is 4.27. The number of benzene rings is 2. The van der Waals surface area contributed by atoms with Gasteiger partial charge in [0.25, 0.3) is 0 Å². The fourth-order valence-corrected chi connectivity index (χ4v) is 1.95. The van der Waals surface area contributed by atoms with Crippen LogP contribution in [0.25, 0.3) is 0 Å². The predicted molar refractivity (Wildman–Crippen MR) is 76.4 cm³/mol. The minimum Gasteiger partial charge on any atom is -0.497 e. The molecule has 1 N–H and O–H groups in total. The van der Waals surface area contributed by atoms with Crippen molar-refractivity contribution in [1.29, 1.82) is 0 Å². The maximum absolute atomic E-state index is 13.4. The summed E-state index contributed by atoms with van der Waals surface area (Å²) in [6.07, 6.45) is 0. The molecule has 0 aliphatic rings. The van der Waals surface area contributed by atoms with Crippen molar-refractivity contribution in [2.75, 3.05) is 12.4 Å². The summed E-state index contributed by atoms with van der Waals surface area (Å²) in [5.41, 5.74) is 1.76. The normalized spacial score (nSPS) is 12.0. The summed E-state index contributed by atoms with van der Waals surface area (Å²) in [5, 5.41) is 3.35. The van der Waals surface area contributed by atoms with E-state index in [-0.39, 0.29) is 11.1 Å². The maximum atomic E-state index is 13.4. The molecule has 4 heteroatoms. The van der Waals surface area contributed by atoms with Crippen molar-refractivity contribution in [2.45, 2.75) is 13.0 Å². The Morgan fingerprint density at radius 1 is 1.21 bits per heavy atom. The highest BCUT2D eigenvalue weighted by Gasteiger charge is 2.08. The second-order valence-corrected chi connectivity index (χ2v) is 4.68. The molecule has 2 rings (SSSR count). The van der Waals surface area contributed by atoms with Crippen molar-refractivity contribution in [3.8, 4) is 5.75 Å². The molecule has 0 aromatic heterocycles. The lowest BCUT2D eigenvalue weighted by Crippen LogP contribution is -2.06. The van der Waals surface area contributed by atoms with E-state index in [0.29, 0.717) is 5.69 Å². The Hall–Kier alpha value is -1.74. The zero-order chi connectivity index (χ0) is 13.8. The number of ether oxygens (including phenoxy) is 1. The minimum atomic E-state index is -0.426. The van der Waals surface area contributed by atoms with Crippen LogP contribution in [0, 0.1) is 5.82 Å². The Morgan fingerprint density at radius 2 is 2.00 bits per heavy atom. The average molecular weight is 280 g/mol. The monoisotopic (exact) mass is 279 g/mol. The van der Waals surface area contributed by atoms with Crippen LogP contribution in [0.1, 0.15) is 18.5 Å². The highest BCUT2D eigenvalue weighted by Crippen LogP contribution is 2.25. The van der Waals surface area contributed by atoms with Crippen LogP contribution >= 0.6 is 11.6 Å². The third kappa shape index (κ3) is 3.38. The third-order valence-electron chi connectivity index (χ3n) is 2.90. The molecule has 0 fully saturated rings. The summed E-state index contributed by atoms with van der Waals surface area (Å²) in [6, 6.07) is 12.5. The zero-order valence-electron chi connectivity index (χ0n) is 10.8. The second-order valence-electron chi connectivity index (χ2n) is 4.27. The lowest BCUT2D eigenvalue weighted by atomic mass is 10.1. The molecule has 0 heterocycles. The Labute approximate surface area is 117 Å². The van der Waals surface area contributed by atoms with Gasteiger partial charge in [0.2, 0.25) is 0 Å². The summed E-state index contributed by atoms with van der Waals surface area (Å²) in [6.45, 7) is 2.00. The number of rotatable bonds is 4. The topological polar surface area (TPSA) is 21.3 Å². The Morgan fingerprint density at radius 3 is 2.68 bits per heavy atom. The molecule has 0 spiro atoms. The number of anilines is 1. The number of hydrogen-bond acceptors (Lipinski definition) is 2. The van der Waals surface area contributed by atoms with Crippen molar-refractivity contribution < 1.29 is 9.13 Å². The van der Waals surface area contributed by atoms with Gasteiger partial charge in [0.05, 0.1) is 12.1 Å². The smallest absolute Gasteiger partial charge is 0.143 e. The van der Waals surface area contributed by atoms with Crippen molar-refractivity contribution in [1.82, 2.24) is 0 Å². The van der Waals surface area contributed by atoms with Crippen LogP contribution < -0.4 is 10.1 Å². The van der Waals surface area contributed by atoms with E-state index in [2.05, 4.69) is 5.32 Å². The molecule has 19 heavy (non-hydrogen) atoms. The van der Waals surface area contributed by atoms with Gasteiger partial charge in [-0.15, -0.1) is 0 Å². The average Bonchev–Trinajstić information content (AvgIpc) is 2.43. The predicted octanol–water partition coefficient (Wildman–Crippen LogP) is 4.66. The number of halogens is 2. The molecule has 2 nitrogen and oxygen atoms in total. The molecule has 100 valence electrons. The van der Waals surface area contributed by atoms with Gasteiger partial charge in [0.15, 0.2) is 0 Å². The lowest BCUT2D eigenvalue weighted by molar-refractivity contribution is 0.414. The van der Waals surface area contributed by atoms with Crippen molar-refractivity contribution >= 4 is 17.3 Å². The minimum absolute atomic E-state index is 0.0377. The second kappa shape index (κ2) is 5.93. The molecule has 2 aromatic rings. The standard InChI is InChI=1S/C15H15ClFNO/c1-10(11-4-3-5-13(8-11)19-2)18-12-6-7-14(16)15(17)9-12/h3-10,18H,1-2H3. The molecular weight excluding hydrogens is 265 g/mol. The van der Waals surface area contributed by atoms with Crippen LogP contribution in [0.4, 0.5) is 10.1 Å². The molecule has 0 aliphatic heterocycles. The van der Waals surface area contributed by atoms with E-state index in [9.17, 15) is 4.39 Å². The van der Waals surface area contributed by atoms with Gasteiger partial charge in [0, 0.05) is 11.7 Å². The molecular formula is C15H15ClFNO. The highest BCUT2D eigenvalue weighted by atomic mass is 35.5. The van der Waals surface area contributed by atoms with E-state index in [1.807, 2.05) is 31.2 Å². The van der Waals surface area contributed by atoms with Crippen molar-refractivity contribution in [3.05, 3.63) is 58.9 Å². The van der Waals surface area contributed by atoms with E-state index in [1.165, 1.54) is 12.1 Å². The Balaban J connectivity index is 2.15. The largest absolute Gasteiger partial charge is 0.497 e. The number of hydrogen-bond donors (Lipinski definition) is 1. The first-order valence-electron chi connectivity index (χ1n) is 5.95. The first-order chi connectivity index (χ1) is 9.10. The van der Waals surface area contributed by atoms with E-state index < -0.39 is 5.82 Å². The first kappa shape index (κ1) is 13.7. The fourth-order valence-electron chi connectivity index (χ4n) is 1.83. The molecule has 0 amide bonds. The quantitative estimate of drug-likeness (QED) is 0.879. The number of nitrogens with one attached hydrogen (secondary N) is 1. The van der Waals surface area contributed by atoms with Gasteiger partial charge < -0.3 is 10.1 Å². The van der Waals surface area contributed by atoms with Gasteiger partial charge in [0.1, 0.15) is 11.6 Å². The molecule has 0 aliphatic carbocycles. The molecule has 1 unspecified atom stereocenters. The molecule has 0 bridgehead atoms. The van der Waals surface area contributed by atoms with Gasteiger partial charge >= 0.3 is 0 Å². The van der Waals surface area contributed by atoms with Crippen molar-refractivity contribution in [3.63, 3.8) is 0 Å². The summed E-state index contributed by atoms with van der Waals surface area (Å²) >= 11 is 5.65. The Bertz CT molecular complexity index is 574. The molecule has 0 radical (unpaired) electrons. The maximum Gasteiger partial charge on any atom is 0.143 e. The van der Waals surface area contributed by atoms with Gasteiger partial charge in [-0.05, 0) is 42.8 Å². The zero-order valence-corrected chi connectivity index (χ0v) is 11.5. The van der Waals surface area contributed by atoms with E-state index in [0.717, 1.165) is 11.3 Å². The van der Waals surface area contributed by atoms with Gasteiger partial charge in [-0.3, -0.25) is 0 Å². The van der Waals surface area contributed by atoms with Crippen LogP contribution in [-0.2, 0) is 0 Å². The highest BCUT2D eigenvalue weighted by molar-refractivity contribution is 6.30. The van der Waals surface area contributed by atoms with Crippen LogP contribution in [0.5, 0.6) is 5.75 Å². The van der Waals surface area contributed by atoms with Crippen molar-refractivity contribution in [2.24, 2.45) is 0 Å². The van der Waals surface area contributed by atoms with Crippen LogP contribution in [0.2, 0.25) is 5.02 Å². The van der Waals surface area contributed by atoms with Gasteiger partial charge in [-0.25, -0.2) is 4.39 Å². The molecule has 0 saturated heterocycles. The summed E-state index contributed by atoms with van der Waals surface area (Å²) < 4.78 is 18.5. The van der Waals surface area contributed by atoms with E-state index in [1.54, 1.807) is 13.2 Å². The fraction of sp³-hybridized carbons (Fsp3) is 0.200. The van der Waals surface area contributed by atoms with Gasteiger partial charge in [-0.1, -0.05) is 23.7 Å². The first-order valence-corrected chi connectivity index (χ1v) is 6.33. The SMILES string of the molecule is COc1cccc(C(C)Nc2ccc(Cl)c(F)c2)c1. The summed E-state index contributed by atoms with van der Waals surface area (Å²) in [4.78, 5) is 0. The lowest BCUT2D eigenvalue weighted by Gasteiger charge is -2.16. The van der Waals surface area contributed by atoms with E-state index >= 15 is 0 Å². The molecule has 0 saturated carbocycles. The number of methoxy groups -OCH3 is 1. The molecule has 1 atom stereocenters. The van der Waals surface area contributed by atoms with E-state index in [4.69, 9.17) is 16.3 Å². The third-order valence-corrected chi connectivity index (χ3v) is 3.20. The molecule has 2 aromatic carbocycles. The summed E-state index contributed by atoms with van der Waals surface area (Å²) in [7, 11) is 1.63. The van der Waals surface area contributed by atoms with Gasteiger partial charge in [-0.2, -0.15) is 0 Å². The van der Waals surface area contributed by atoms with Crippen LogP contribution in [-0.4, -0.2) is 7.11 Å².